The number of furan rings is 1. The molecule has 1 aromatic heterocycles. The standard InChI is InChI=1S/C33H21Cl3N2O5/c1-17-25-12-20(34)7-10-28(25)42-31(17)33(39)41-23-8-9-24-29(14-23)43-32(38)26(15-37)30(24)18-3-2-4-22(11-18)40-16-19-5-6-21(35)13-27(19)36/h2-14,30H,16,38H2,1H3. The Morgan fingerprint density at radius 2 is 1.77 bits per heavy atom. The molecule has 1 aliphatic heterocycles. The Morgan fingerprint density at radius 3 is 2.56 bits per heavy atom. The van der Waals surface area contributed by atoms with Crippen LogP contribution in [0, 0.1) is 18.3 Å². The van der Waals surface area contributed by atoms with E-state index in [2.05, 4.69) is 6.07 Å². The Bertz CT molecular complexity index is 1990. The highest BCUT2D eigenvalue weighted by atomic mass is 35.5. The van der Waals surface area contributed by atoms with Crippen LogP contribution in [0.1, 0.15) is 38.7 Å². The maximum absolute atomic E-state index is 13.0. The third-order valence-electron chi connectivity index (χ3n) is 7.09. The number of esters is 1. The van der Waals surface area contributed by atoms with Crippen LogP contribution in [-0.4, -0.2) is 5.97 Å². The molecule has 1 unspecified atom stereocenters. The highest BCUT2D eigenvalue weighted by Crippen LogP contribution is 2.44. The van der Waals surface area contributed by atoms with E-state index in [1.807, 2.05) is 24.3 Å². The van der Waals surface area contributed by atoms with Crippen LogP contribution in [0.2, 0.25) is 15.1 Å². The molecular weight excluding hydrogens is 611 g/mol. The summed E-state index contributed by atoms with van der Waals surface area (Å²) in [4.78, 5) is 13.0. The third-order valence-corrected chi connectivity index (χ3v) is 7.91. The SMILES string of the molecule is Cc1c(C(=O)Oc2ccc3c(c2)OC(N)=C(C#N)C3c2cccc(OCc3ccc(Cl)cc3Cl)c2)oc2ccc(Cl)cc12. The quantitative estimate of drug-likeness (QED) is 0.147. The van der Waals surface area contributed by atoms with Gasteiger partial charge in [-0.2, -0.15) is 5.26 Å². The normalized spacial score (nSPS) is 14.2. The van der Waals surface area contributed by atoms with Crippen LogP contribution >= 0.6 is 34.8 Å². The molecule has 0 amide bonds. The highest BCUT2D eigenvalue weighted by Gasteiger charge is 2.31. The van der Waals surface area contributed by atoms with Gasteiger partial charge < -0.3 is 24.4 Å². The maximum atomic E-state index is 13.0. The minimum Gasteiger partial charge on any atom is -0.489 e. The molecule has 2 N–H and O–H groups in total. The van der Waals surface area contributed by atoms with Gasteiger partial charge in [-0.3, -0.25) is 0 Å². The summed E-state index contributed by atoms with van der Waals surface area (Å²) in [6.45, 7) is 1.98. The summed E-state index contributed by atoms with van der Waals surface area (Å²) in [5.74, 6) is -0.0814. The number of carbonyl (C=O) groups is 1. The van der Waals surface area contributed by atoms with Crippen LogP contribution in [0.25, 0.3) is 11.0 Å². The minimum absolute atomic E-state index is 0.0484. The van der Waals surface area contributed by atoms with Gasteiger partial charge in [0.15, 0.2) is 0 Å². The number of allylic oxidation sites excluding steroid dienone is 1. The Hall–Kier alpha value is -4.61. The number of halogens is 3. The van der Waals surface area contributed by atoms with Crippen molar-refractivity contribution in [3.8, 4) is 23.3 Å². The van der Waals surface area contributed by atoms with E-state index < -0.39 is 11.9 Å². The molecule has 0 saturated heterocycles. The number of rotatable bonds is 6. The highest BCUT2D eigenvalue weighted by molar-refractivity contribution is 6.35. The van der Waals surface area contributed by atoms with Gasteiger partial charge in [0.25, 0.3) is 0 Å². The number of fused-ring (bicyclic) bond motifs is 2. The van der Waals surface area contributed by atoms with Gasteiger partial charge in [0.2, 0.25) is 11.6 Å². The zero-order chi connectivity index (χ0) is 30.2. The lowest BCUT2D eigenvalue weighted by Gasteiger charge is -2.27. The second kappa shape index (κ2) is 11.6. The van der Waals surface area contributed by atoms with Crippen molar-refractivity contribution < 1.29 is 23.4 Å². The predicted octanol–water partition coefficient (Wildman–Crippen LogP) is 8.72. The maximum Gasteiger partial charge on any atom is 0.379 e. The molecule has 0 radical (unpaired) electrons. The van der Waals surface area contributed by atoms with Crippen molar-refractivity contribution in [3.05, 3.63) is 133 Å². The number of nitrogens with zero attached hydrogens (tertiary/aromatic N) is 1. The van der Waals surface area contributed by atoms with Gasteiger partial charge in [-0.05, 0) is 61.0 Å². The Kier molecular flexibility index (Phi) is 7.68. The molecular formula is C33H21Cl3N2O5. The molecule has 4 aromatic carbocycles. The van der Waals surface area contributed by atoms with Gasteiger partial charge >= 0.3 is 5.97 Å². The first-order valence-electron chi connectivity index (χ1n) is 13.0. The van der Waals surface area contributed by atoms with Gasteiger partial charge in [-0.1, -0.05) is 59.1 Å². The van der Waals surface area contributed by atoms with Crippen LogP contribution in [0.15, 0.2) is 94.7 Å². The van der Waals surface area contributed by atoms with Crippen molar-refractivity contribution in [1.29, 1.82) is 5.26 Å². The Morgan fingerprint density at radius 1 is 0.977 bits per heavy atom. The number of nitriles is 1. The van der Waals surface area contributed by atoms with Crippen LogP contribution in [0.4, 0.5) is 0 Å². The summed E-state index contributed by atoms with van der Waals surface area (Å²) >= 11 is 18.4. The molecule has 2 heterocycles. The van der Waals surface area contributed by atoms with Crippen LogP contribution in [-0.2, 0) is 6.61 Å². The van der Waals surface area contributed by atoms with E-state index in [1.165, 1.54) is 0 Å². The largest absolute Gasteiger partial charge is 0.489 e. The van der Waals surface area contributed by atoms with E-state index in [9.17, 15) is 10.1 Å². The molecule has 214 valence electrons. The number of nitrogens with two attached hydrogens (primary N) is 1. The first-order valence-corrected chi connectivity index (χ1v) is 14.1. The van der Waals surface area contributed by atoms with Gasteiger partial charge in [0, 0.05) is 43.2 Å². The van der Waals surface area contributed by atoms with Crippen LogP contribution in [0.5, 0.6) is 17.2 Å². The van der Waals surface area contributed by atoms with Crippen molar-refractivity contribution in [2.24, 2.45) is 5.73 Å². The molecule has 1 atom stereocenters. The van der Waals surface area contributed by atoms with Gasteiger partial charge in [0.05, 0.1) is 5.92 Å². The molecule has 6 rings (SSSR count). The monoisotopic (exact) mass is 630 g/mol. The second-order valence-electron chi connectivity index (χ2n) is 9.81. The van der Waals surface area contributed by atoms with E-state index >= 15 is 0 Å². The Labute approximate surface area is 261 Å². The number of aryl methyl sites for hydroxylation is 1. The van der Waals surface area contributed by atoms with E-state index in [-0.39, 0.29) is 29.6 Å². The topological polar surface area (TPSA) is 108 Å². The third kappa shape index (κ3) is 5.61. The van der Waals surface area contributed by atoms with Crippen molar-refractivity contribution in [2.45, 2.75) is 19.4 Å². The van der Waals surface area contributed by atoms with Crippen molar-refractivity contribution in [1.82, 2.24) is 0 Å². The van der Waals surface area contributed by atoms with E-state index in [1.54, 1.807) is 61.5 Å². The molecule has 7 nitrogen and oxygen atoms in total. The first kappa shape index (κ1) is 28.5. The first-order chi connectivity index (χ1) is 20.7. The average Bonchev–Trinajstić information content (AvgIpc) is 3.31. The Balaban J connectivity index is 1.27. The molecule has 1 aliphatic rings. The summed E-state index contributed by atoms with van der Waals surface area (Å²) < 4.78 is 23.2. The number of ether oxygens (including phenoxy) is 3. The average molecular weight is 632 g/mol. The fraction of sp³-hybridized carbons (Fsp3) is 0.0909. The molecule has 0 fully saturated rings. The van der Waals surface area contributed by atoms with Crippen molar-refractivity contribution in [3.63, 3.8) is 0 Å². The minimum atomic E-state index is -0.677. The lowest BCUT2D eigenvalue weighted by Crippen LogP contribution is -2.21. The zero-order valence-electron chi connectivity index (χ0n) is 22.5. The second-order valence-corrected chi connectivity index (χ2v) is 11.1. The molecule has 0 spiro atoms. The van der Waals surface area contributed by atoms with E-state index in [4.69, 9.17) is 59.2 Å². The fourth-order valence-corrected chi connectivity index (χ4v) is 5.60. The number of carbonyl (C=O) groups excluding carboxylic acids is 1. The van der Waals surface area contributed by atoms with Crippen molar-refractivity contribution >= 4 is 51.7 Å². The van der Waals surface area contributed by atoms with E-state index in [0.29, 0.717) is 43.3 Å². The predicted molar refractivity (Wildman–Crippen MR) is 164 cm³/mol. The summed E-state index contributed by atoms with van der Waals surface area (Å²) in [7, 11) is 0. The van der Waals surface area contributed by atoms with Crippen molar-refractivity contribution in [2.75, 3.05) is 0 Å². The van der Waals surface area contributed by atoms with E-state index in [0.717, 1.165) is 16.5 Å². The number of hydrogen-bond acceptors (Lipinski definition) is 7. The zero-order valence-corrected chi connectivity index (χ0v) is 24.8. The van der Waals surface area contributed by atoms with Crippen LogP contribution in [0.3, 0.4) is 0 Å². The molecule has 5 aromatic rings. The fourth-order valence-electron chi connectivity index (χ4n) is 4.97. The lowest BCUT2D eigenvalue weighted by atomic mass is 9.83. The summed E-state index contributed by atoms with van der Waals surface area (Å²) in [5.41, 5.74) is 9.77. The summed E-state index contributed by atoms with van der Waals surface area (Å²) in [6, 6.07) is 24.7. The molecule has 0 aliphatic carbocycles. The molecule has 10 heteroatoms. The van der Waals surface area contributed by atoms with Crippen LogP contribution < -0.4 is 19.9 Å². The smallest absolute Gasteiger partial charge is 0.379 e. The number of hydrogen-bond donors (Lipinski definition) is 1. The summed E-state index contributed by atoms with van der Waals surface area (Å²) in [5, 5.41) is 12.3. The lowest BCUT2D eigenvalue weighted by molar-refractivity contribution is 0.0702. The van der Waals surface area contributed by atoms with Gasteiger partial charge in [-0.15, -0.1) is 0 Å². The molecule has 43 heavy (non-hydrogen) atoms. The summed E-state index contributed by atoms with van der Waals surface area (Å²) in [6.07, 6.45) is 0. The molecule has 0 saturated carbocycles. The van der Waals surface area contributed by atoms with Gasteiger partial charge in [0.1, 0.15) is 41.1 Å². The number of benzene rings is 4. The molecule has 0 bridgehead atoms. The van der Waals surface area contributed by atoms with Gasteiger partial charge in [-0.25, -0.2) is 4.79 Å².